The number of aromatic amines is 2. The smallest absolute Gasteiger partial charge is 0.302 e. The number of carbonyl (C=O) groups is 3. The molecule has 24 heavy (non-hydrogen) atoms. The van der Waals surface area contributed by atoms with E-state index in [1.807, 2.05) is 19.1 Å². The molecule has 1 aliphatic heterocycles. The van der Waals surface area contributed by atoms with Crippen molar-refractivity contribution < 1.29 is 14.4 Å². The fourth-order valence-corrected chi connectivity index (χ4v) is 2.96. The lowest BCUT2D eigenvalue weighted by molar-refractivity contribution is -0.136. The van der Waals surface area contributed by atoms with Crippen molar-refractivity contribution in [3.63, 3.8) is 0 Å². The third kappa shape index (κ3) is 2.62. The molecule has 124 valence electrons. The van der Waals surface area contributed by atoms with E-state index in [0.717, 1.165) is 5.56 Å². The molecule has 1 aromatic carbocycles. The number of hydrogen-bond donors (Lipinski definition) is 4. The van der Waals surface area contributed by atoms with Gasteiger partial charge in [0.1, 0.15) is 5.92 Å². The number of urea groups is 1. The van der Waals surface area contributed by atoms with Crippen LogP contribution in [-0.2, 0) is 9.59 Å². The van der Waals surface area contributed by atoms with Gasteiger partial charge in [0, 0.05) is 17.2 Å². The molecule has 0 spiro atoms. The number of imide groups is 2. The van der Waals surface area contributed by atoms with E-state index in [4.69, 9.17) is 0 Å². The predicted octanol–water partition coefficient (Wildman–Crippen LogP) is 0.434. The molecular weight excluding hydrogens is 312 g/mol. The number of aryl methyl sites for hydroxylation is 2. The second-order valence-electron chi connectivity index (χ2n) is 5.79. The Morgan fingerprint density at radius 2 is 1.46 bits per heavy atom. The van der Waals surface area contributed by atoms with Gasteiger partial charge in [0.25, 0.3) is 5.56 Å². The molecular formula is C16H16N4O4. The summed E-state index contributed by atoms with van der Waals surface area (Å²) in [6.45, 7) is 3.59. The van der Waals surface area contributed by atoms with Crippen LogP contribution in [0.15, 0.2) is 29.1 Å². The summed E-state index contributed by atoms with van der Waals surface area (Å²) in [5.41, 5.74) is 2.06. The monoisotopic (exact) mass is 328 g/mol. The molecule has 4 N–H and O–H groups in total. The molecule has 0 aliphatic carbocycles. The normalized spacial score (nSPS) is 16.7. The van der Waals surface area contributed by atoms with Crippen LogP contribution in [0, 0.1) is 19.8 Å². The molecule has 1 atom stereocenters. The Morgan fingerprint density at radius 1 is 0.875 bits per heavy atom. The number of nitrogens with one attached hydrogen (secondary N) is 4. The van der Waals surface area contributed by atoms with Crippen molar-refractivity contribution >= 4 is 17.8 Å². The van der Waals surface area contributed by atoms with Gasteiger partial charge in [-0.25, -0.2) is 4.79 Å². The Morgan fingerprint density at radius 3 is 1.96 bits per heavy atom. The number of hydrogen-bond acceptors (Lipinski definition) is 4. The topological polar surface area (TPSA) is 124 Å². The first-order chi connectivity index (χ1) is 11.4. The SMILES string of the molecule is Cc1ccc(C(c2c(C)[nH][nH]c2=O)C2C(=O)NC(=O)NC2=O)cc1. The molecule has 1 aromatic heterocycles. The highest BCUT2D eigenvalue weighted by Crippen LogP contribution is 2.33. The number of benzene rings is 1. The Hall–Kier alpha value is -3.16. The van der Waals surface area contributed by atoms with Crippen molar-refractivity contribution in [3.8, 4) is 0 Å². The maximum Gasteiger partial charge on any atom is 0.328 e. The second-order valence-corrected chi connectivity index (χ2v) is 5.79. The number of amides is 4. The van der Waals surface area contributed by atoms with Crippen LogP contribution in [-0.4, -0.2) is 28.0 Å². The van der Waals surface area contributed by atoms with Crippen LogP contribution in [0.2, 0.25) is 0 Å². The van der Waals surface area contributed by atoms with E-state index in [0.29, 0.717) is 16.8 Å². The lowest BCUT2D eigenvalue weighted by Crippen LogP contribution is -2.57. The number of barbiturate groups is 1. The maximum atomic E-state index is 12.3. The summed E-state index contributed by atoms with van der Waals surface area (Å²) in [6, 6.07) is 6.35. The summed E-state index contributed by atoms with van der Waals surface area (Å²) in [5, 5.41) is 9.35. The molecule has 0 radical (unpaired) electrons. The maximum absolute atomic E-state index is 12.3. The van der Waals surface area contributed by atoms with Gasteiger partial charge >= 0.3 is 6.03 Å². The van der Waals surface area contributed by atoms with Crippen LogP contribution in [0.5, 0.6) is 0 Å². The highest BCUT2D eigenvalue weighted by atomic mass is 16.2. The number of carbonyl (C=O) groups excluding carboxylic acids is 3. The van der Waals surface area contributed by atoms with Crippen LogP contribution >= 0.6 is 0 Å². The minimum Gasteiger partial charge on any atom is -0.302 e. The Kier molecular flexibility index (Phi) is 3.80. The van der Waals surface area contributed by atoms with Gasteiger partial charge in [-0.15, -0.1) is 0 Å². The quantitative estimate of drug-likeness (QED) is 0.610. The standard InChI is InChI=1S/C16H16N4O4/c1-7-3-5-9(6-4-7)11(10-8(2)19-20-15(10)23)12-13(21)17-16(24)18-14(12)22/h3-6,11-12H,1-2H3,(H2,19,20,23)(H2,17,18,21,22,24). The highest BCUT2D eigenvalue weighted by molar-refractivity contribution is 6.16. The van der Waals surface area contributed by atoms with Crippen molar-refractivity contribution in [1.29, 1.82) is 0 Å². The zero-order valence-corrected chi connectivity index (χ0v) is 13.1. The molecule has 3 rings (SSSR count). The van der Waals surface area contributed by atoms with Gasteiger partial charge in [-0.2, -0.15) is 0 Å². The molecule has 2 heterocycles. The molecule has 1 fully saturated rings. The van der Waals surface area contributed by atoms with E-state index in [-0.39, 0.29) is 0 Å². The number of aromatic nitrogens is 2. The van der Waals surface area contributed by atoms with E-state index in [2.05, 4.69) is 20.8 Å². The fraction of sp³-hybridized carbons (Fsp3) is 0.250. The zero-order chi connectivity index (χ0) is 17.4. The van der Waals surface area contributed by atoms with Crippen molar-refractivity contribution in [2.24, 2.45) is 5.92 Å². The van der Waals surface area contributed by atoms with E-state index in [1.54, 1.807) is 19.1 Å². The third-order valence-corrected chi connectivity index (χ3v) is 4.13. The van der Waals surface area contributed by atoms with Crippen molar-refractivity contribution in [2.75, 3.05) is 0 Å². The molecule has 1 unspecified atom stereocenters. The molecule has 8 heteroatoms. The molecule has 1 aliphatic rings. The van der Waals surface area contributed by atoms with Crippen LogP contribution in [0.1, 0.15) is 28.3 Å². The Balaban J connectivity index is 2.17. The van der Waals surface area contributed by atoms with Crippen LogP contribution < -0.4 is 16.2 Å². The number of H-pyrrole nitrogens is 2. The van der Waals surface area contributed by atoms with Crippen LogP contribution in [0.4, 0.5) is 4.79 Å². The average Bonchev–Trinajstić information content (AvgIpc) is 2.83. The second kappa shape index (κ2) is 5.80. The first kappa shape index (κ1) is 15.7. The van der Waals surface area contributed by atoms with Gasteiger partial charge in [-0.05, 0) is 19.4 Å². The molecule has 0 bridgehead atoms. The summed E-state index contributed by atoms with van der Waals surface area (Å²) >= 11 is 0. The minimum atomic E-state index is -1.22. The minimum absolute atomic E-state index is 0.295. The summed E-state index contributed by atoms with van der Waals surface area (Å²) in [6.07, 6.45) is 0. The van der Waals surface area contributed by atoms with Gasteiger partial charge in [-0.3, -0.25) is 30.1 Å². The molecule has 8 nitrogen and oxygen atoms in total. The Labute approximate surface area is 136 Å². The summed E-state index contributed by atoms with van der Waals surface area (Å²) in [7, 11) is 0. The van der Waals surface area contributed by atoms with Gasteiger partial charge in [0.15, 0.2) is 0 Å². The summed E-state index contributed by atoms with van der Waals surface area (Å²) in [5.74, 6) is -3.49. The zero-order valence-electron chi connectivity index (χ0n) is 13.1. The first-order valence-corrected chi connectivity index (χ1v) is 7.38. The number of rotatable bonds is 3. The van der Waals surface area contributed by atoms with E-state index < -0.39 is 35.2 Å². The van der Waals surface area contributed by atoms with Gasteiger partial charge in [0.2, 0.25) is 11.8 Å². The fourth-order valence-electron chi connectivity index (χ4n) is 2.96. The molecule has 1 saturated heterocycles. The third-order valence-electron chi connectivity index (χ3n) is 4.13. The predicted molar refractivity (Wildman–Crippen MR) is 84.3 cm³/mol. The molecule has 2 aromatic rings. The average molecular weight is 328 g/mol. The van der Waals surface area contributed by atoms with Crippen molar-refractivity contribution in [2.45, 2.75) is 19.8 Å². The van der Waals surface area contributed by atoms with Crippen molar-refractivity contribution in [3.05, 3.63) is 57.0 Å². The van der Waals surface area contributed by atoms with Gasteiger partial charge < -0.3 is 5.10 Å². The largest absolute Gasteiger partial charge is 0.328 e. The first-order valence-electron chi connectivity index (χ1n) is 7.38. The van der Waals surface area contributed by atoms with Crippen LogP contribution in [0.3, 0.4) is 0 Å². The van der Waals surface area contributed by atoms with Crippen LogP contribution in [0.25, 0.3) is 0 Å². The van der Waals surface area contributed by atoms with Gasteiger partial charge in [0.05, 0.1) is 0 Å². The lowest BCUT2D eigenvalue weighted by Gasteiger charge is -2.28. The summed E-state index contributed by atoms with van der Waals surface area (Å²) in [4.78, 5) is 48.1. The lowest BCUT2D eigenvalue weighted by atomic mass is 9.79. The summed E-state index contributed by atoms with van der Waals surface area (Å²) < 4.78 is 0. The van der Waals surface area contributed by atoms with Gasteiger partial charge in [-0.1, -0.05) is 29.8 Å². The Bertz CT molecular complexity index is 858. The molecule has 0 saturated carbocycles. The van der Waals surface area contributed by atoms with E-state index in [9.17, 15) is 19.2 Å². The van der Waals surface area contributed by atoms with E-state index >= 15 is 0 Å². The van der Waals surface area contributed by atoms with E-state index in [1.165, 1.54) is 0 Å². The highest BCUT2D eigenvalue weighted by Gasteiger charge is 2.43. The molecule has 4 amide bonds. The van der Waals surface area contributed by atoms with Crippen molar-refractivity contribution in [1.82, 2.24) is 20.8 Å².